The van der Waals surface area contributed by atoms with Gasteiger partial charge in [0.25, 0.3) is 18.3 Å². The number of nitrogen functional groups attached to an aromatic ring is 1. The summed E-state index contributed by atoms with van der Waals surface area (Å²) in [4.78, 5) is 58.7. The van der Waals surface area contributed by atoms with Crippen molar-refractivity contribution >= 4 is 47.2 Å². The van der Waals surface area contributed by atoms with Crippen molar-refractivity contribution in [2.24, 2.45) is 13.0 Å². The largest absolute Gasteiger partial charge is 0.483 e. The Hall–Kier alpha value is -5.49. The second-order valence-corrected chi connectivity index (χ2v) is 12.2. The lowest BCUT2D eigenvalue weighted by Gasteiger charge is -2.36. The number of halogens is 4. The van der Waals surface area contributed by atoms with Gasteiger partial charge in [-0.15, -0.1) is 0 Å². The van der Waals surface area contributed by atoms with E-state index in [1.165, 1.54) is 48.1 Å². The highest BCUT2D eigenvalue weighted by atomic mass is 35.5. The van der Waals surface area contributed by atoms with Gasteiger partial charge in [0.1, 0.15) is 0 Å². The van der Waals surface area contributed by atoms with E-state index in [4.69, 9.17) is 27.2 Å². The van der Waals surface area contributed by atoms with Gasteiger partial charge in [0.2, 0.25) is 5.91 Å². The molecule has 0 unspecified atom stereocenters. The molecule has 0 spiro atoms. The molecule has 270 valence electrons. The van der Waals surface area contributed by atoms with Crippen molar-refractivity contribution in [2.75, 3.05) is 50.3 Å². The standard InChI is InChI=1S/C31H32ClF3N10O3.CH2O2/c1-42-24(22-17-45(41-27(22)31(33,34)35)25-5-2-19(36)13-38-25)14-39-28(42)29(47)40-20-3-4-21(23(32)12-20)30(48)43-9-6-18(7-10-43)16-44-11-8-37-15-26(44)46;2-1-3/h2-5,12-14,17-18,37H,6-11,15-16,36H2,1H3,(H,40,47);1H,(H,2,3). The molecule has 5 heterocycles. The summed E-state index contributed by atoms with van der Waals surface area (Å²) in [7, 11) is 1.41. The van der Waals surface area contributed by atoms with Gasteiger partial charge in [-0.1, -0.05) is 11.6 Å². The minimum atomic E-state index is -4.81. The smallest absolute Gasteiger partial charge is 0.435 e. The van der Waals surface area contributed by atoms with Crippen LogP contribution >= 0.6 is 11.6 Å². The number of pyridine rings is 1. The number of hydrogen-bond acceptors (Lipinski definition) is 9. The molecule has 2 aliphatic rings. The molecule has 3 amide bonds. The van der Waals surface area contributed by atoms with Crippen molar-refractivity contribution in [1.82, 2.24) is 39.4 Å². The van der Waals surface area contributed by atoms with Crippen LogP contribution in [0.5, 0.6) is 0 Å². The first-order chi connectivity index (χ1) is 24.3. The first-order valence-electron chi connectivity index (χ1n) is 15.7. The lowest BCUT2D eigenvalue weighted by atomic mass is 9.95. The number of imidazole rings is 1. The van der Waals surface area contributed by atoms with Crippen LogP contribution in [0.25, 0.3) is 17.1 Å². The molecule has 0 radical (unpaired) electrons. The van der Waals surface area contributed by atoms with Crippen LogP contribution in [0.4, 0.5) is 24.5 Å². The van der Waals surface area contributed by atoms with Gasteiger partial charge in [-0.2, -0.15) is 18.3 Å². The van der Waals surface area contributed by atoms with Crippen molar-refractivity contribution in [1.29, 1.82) is 0 Å². The molecule has 0 aliphatic carbocycles. The fraction of sp³-hybridized carbons (Fsp3) is 0.344. The van der Waals surface area contributed by atoms with Gasteiger partial charge in [0, 0.05) is 51.7 Å². The number of hydrogen-bond donors (Lipinski definition) is 4. The number of amides is 3. The fourth-order valence-corrected chi connectivity index (χ4v) is 6.15. The summed E-state index contributed by atoms with van der Waals surface area (Å²) in [6.07, 6.45) is 0.340. The summed E-state index contributed by atoms with van der Waals surface area (Å²) in [6, 6.07) is 7.39. The van der Waals surface area contributed by atoms with Crippen molar-refractivity contribution in [3.63, 3.8) is 0 Å². The van der Waals surface area contributed by atoms with E-state index >= 15 is 0 Å². The zero-order chi connectivity index (χ0) is 36.9. The fourth-order valence-electron chi connectivity index (χ4n) is 5.88. The van der Waals surface area contributed by atoms with Crippen LogP contribution in [-0.4, -0.2) is 103 Å². The van der Waals surface area contributed by atoms with E-state index in [9.17, 15) is 27.6 Å². The summed E-state index contributed by atoms with van der Waals surface area (Å²) in [5, 5.41) is 16.4. The first kappa shape index (κ1) is 36.8. The second-order valence-electron chi connectivity index (χ2n) is 11.8. The van der Waals surface area contributed by atoms with Crippen LogP contribution < -0.4 is 16.4 Å². The number of carbonyl (C=O) groups excluding carboxylic acids is 3. The third-order valence-electron chi connectivity index (χ3n) is 8.48. The van der Waals surface area contributed by atoms with Gasteiger partial charge in [0.05, 0.1) is 46.5 Å². The minimum Gasteiger partial charge on any atom is -0.483 e. The van der Waals surface area contributed by atoms with E-state index in [1.54, 1.807) is 4.90 Å². The number of alkyl halides is 3. The predicted octanol–water partition coefficient (Wildman–Crippen LogP) is 3.16. The molecule has 4 aromatic rings. The van der Waals surface area contributed by atoms with Gasteiger partial charge in [0.15, 0.2) is 17.3 Å². The van der Waals surface area contributed by atoms with E-state index in [-0.39, 0.29) is 57.5 Å². The Bertz CT molecular complexity index is 1910. The number of piperazine rings is 1. The molecule has 3 aromatic heterocycles. The number of aromatic nitrogens is 5. The van der Waals surface area contributed by atoms with Gasteiger partial charge in [-0.25, -0.2) is 14.6 Å². The Morgan fingerprint density at radius 2 is 1.86 bits per heavy atom. The maximum absolute atomic E-state index is 14.0. The number of likely N-dealkylation sites (tertiary alicyclic amines) is 1. The maximum Gasteiger partial charge on any atom is 0.435 e. The Morgan fingerprint density at radius 3 is 2.49 bits per heavy atom. The van der Waals surface area contributed by atoms with E-state index < -0.39 is 17.8 Å². The van der Waals surface area contributed by atoms with Gasteiger partial charge in [-0.3, -0.25) is 19.2 Å². The minimum absolute atomic E-state index is 0.00328. The zero-order valence-electron chi connectivity index (χ0n) is 27.2. The van der Waals surface area contributed by atoms with Crippen LogP contribution in [0.2, 0.25) is 5.02 Å². The van der Waals surface area contributed by atoms with Crippen molar-refractivity contribution in [3.05, 3.63) is 71.0 Å². The summed E-state index contributed by atoms with van der Waals surface area (Å²) in [5.41, 5.74) is 5.04. The third kappa shape index (κ3) is 8.46. The zero-order valence-corrected chi connectivity index (χ0v) is 28.0. The number of nitrogens with zero attached hydrogens (tertiary/aromatic N) is 7. The highest BCUT2D eigenvalue weighted by Crippen LogP contribution is 2.37. The summed E-state index contributed by atoms with van der Waals surface area (Å²) >= 11 is 6.49. The number of nitrogens with one attached hydrogen (secondary N) is 2. The number of carboxylic acid groups (broad SMARTS) is 1. The molecule has 0 saturated carbocycles. The average Bonchev–Trinajstić information content (AvgIpc) is 3.71. The summed E-state index contributed by atoms with van der Waals surface area (Å²) in [6.45, 7) is 3.32. The van der Waals surface area contributed by atoms with Gasteiger partial charge >= 0.3 is 6.18 Å². The van der Waals surface area contributed by atoms with Crippen LogP contribution in [0, 0.1) is 5.92 Å². The van der Waals surface area contributed by atoms with E-state index in [1.807, 2.05) is 4.90 Å². The number of nitrogens with two attached hydrogens (primary N) is 1. The van der Waals surface area contributed by atoms with Crippen LogP contribution in [0.3, 0.4) is 0 Å². The molecule has 1 aromatic carbocycles. The molecule has 15 nitrogen and oxygen atoms in total. The number of benzene rings is 1. The number of anilines is 2. The second kappa shape index (κ2) is 15.6. The summed E-state index contributed by atoms with van der Waals surface area (Å²) < 4.78 is 44.2. The summed E-state index contributed by atoms with van der Waals surface area (Å²) in [5.74, 6) is -0.583. The monoisotopic (exact) mass is 730 g/mol. The Kier molecular flexibility index (Phi) is 11.2. The topological polar surface area (TPSA) is 194 Å². The molecule has 2 fully saturated rings. The predicted molar refractivity (Wildman–Crippen MR) is 179 cm³/mol. The number of rotatable bonds is 7. The molecule has 2 saturated heterocycles. The van der Waals surface area contributed by atoms with Crippen LogP contribution in [0.15, 0.2) is 48.9 Å². The molecular weight excluding hydrogens is 697 g/mol. The van der Waals surface area contributed by atoms with Crippen molar-refractivity contribution < 1.29 is 37.5 Å². The Balaban J connectivity index is 0.00000162. The van der Waals surface area contributed by atoms with Crippen LogP contribution in [-0.2, 0) is 22.8 Å². The van der Waals surface area contributed by atoms with Crippen molar-refractivity contribution in [3.8, 4) is 17.1 Å². The Labute approximate surface area is 294 Å². The molecule has 0 atom stereocenters. The van der Waals surface area contributed by atoms with E-state index in [2.05, 4.69) is 25.7 Å². The lowest BCUT2D eigenvalue weighted by Crippen LogP contribution is -2.50. The Morgan fingerprint density at radius 1 is 1.14 bits per heavy atom. The van der Waals surface area contributed by atoms with Gasteiger partial charge in [-0.05, 0) is 49.1 Å². The third-order valence-corrected chi connectivity index (χ3v) is 8.79. The molecular formula is C32H34ClF3N10O5. The average molecular weight is 731 g/mol. The quantitative estimate of drug-likeness (QED) is 0.205. The molecule has 19 heteroatoms. The normalized spacial score (nSPS) is 15.3. The van der Waals surface area contributed by atoms with Crippen molar-refractivity contribution in [2.45, 2.75) is 19.0 Å². The first-order valence-corrected chi connectivity index (χ1v) is 16.1. The maximum atomic E-state index is 14.0. The molecule has 51 heavy (non-hydrogen) atoms. The lowest BCUT2D eigenvalue weighted by molar-refractivity contribution is -0.141. The van der Waals surface area contributed by atoms with Crippen LogP contribution in [0.1, 0.15) is 39.5 Å². The molecule has 5 N–H and O–H groups in total. The van der Waals surface area contributed by atoms with E-state index in [0.717, 1.165) is 36.5 Å². The molecule has 2 aliphatic heterocycles. The van der Waals surface area contributed by atoms with E-state index in [0.29, 0.717) is 44.3 Å². The SMILES string of the molecule is Cn1c(-c2cn(-c3ccc(N)cn3)nc2C(F)(F)F)cnc1C(=O)Nc1ccc(C(=O)N2CCC(CN3CCNCC3=O)CC2)c(Cl)c1.O=CO. The highest BCUT2D eigenvalue weighted by molar-refractivity contribution is 6.34. The molecule has 0 bridgehead atoms. The number of carbonyl (C=O) groups is 4. The molecule has 6 rings (SSSR count). The van der Waals surface area contributed by atoms with Gasteiger partial charge < -0.3 is 35.8 Å². The highest BCUT2D eigenvalue weighted by Gasteiger charge is 2.39. The number of piperidine rings is 1.